The Morgan fingerprint density at radius 2 is 2.38 bits per heavy atom. The summed E-state index contributed by atoms with van der Waals surface area (Å²) in [5.74, 6) is 0.542. The molecule has 0 N–H and O–H groups in total. The molecule has 4 heteroatoms. The zero-order chi connectivity index (χ0) is 9.26. The van der Waals surface area contributed by atoms with E-state index in [2.05, 4.69) is 4.98 Å². The molecule has 13 heavy (non-hydrogen) atoms. The molecule has 0 fully saturated rings. The van der Waals surface area contributed by atoms with E-state index in [1.54, 1.807) is 25.5 Å². The standard InChI is InChI=1S/C9H8N2O2/c1-11-9(12)5-8(13-11)7-3-2-4-10-6-7/h2-6H,1H3. The van der Waals surface area contributed by atoms with Gasteiger partial charge >= 0.3 is 0 Å². The summed E-state index contributed by atoms with van der Waals surface area (Å²) in [5, 5.41) is 0. The van der Waals surface area contributed by atoms with Gasteiger partial charge in [0.2, 0.25) is 0 Å². The van der Waals surface area contributed by atoms with Gasteiger partial charge < -0.3 is 4.52 Å². The summed E-state index contributed by atoms with van der Waals surface area (Å²) in [6.07, 6.45) is 3.32. The van der Waals surface area contributed by atoms with Crippen molar-refractivity contribution in [3.8, 4) is 11.3 Å². The van der Waals surface area contributed by atoms with Crippen molar-refractivity contribution < 1.29 is 4.52 Å². The van der Waals surface area contributed by atoms with Gasteiger partial charge in [0.25, 0.3) is 5.56 Å². The van der Waals surface area contributed by atoms with Crippen LogP contribution in [0, 0.1) is 0 Å². The van der Waals surface area contributed by atoms with E-state index < -0.39 is 0 Å². The molecule has 66 valence electrons. The van der Waals surface area contributed by atoms with Crippen LogP contribution in [-0.4, -0.2) is 9.72 Å². The van der Waals surface area contributed by atoms with E-state index in [1.807, 2.05) is 6.07 Å². The first-order valence-electron chi connectivity index (χ1n) is 3.85. The average Bonchev–Trinajstić information content (AvgIpc) is 2.49. The lowest BCUT2D eigenvalue weighted by Gasteiger charge is -1.92. The van der Waals surface area contributed by atoms with Crippen molar-refractivity contribution in [3.63, 3.8) is 0 Å². The second kappa shape index (κ2) is 2.90. The average molecular weight is 176 g/mol. The lowest BCUT2D eigenvalue weighted by atomic mass is 10.2. The molecule has 0 amide bonds. The Hall–Kier alpha value is -1.84. The van der Waals surface area contributed by atoms with E-state index >= 15 is 0 Å². The Labute approximate surface area is 74.4 Å². The zero-order valence-corrected chi connectivity index (χ0v) is 7.10. The number of aromatic nitrogens is 2. The Morgan fingerprint density at radius 1 is 1.54 bits per heavy atom. The monoisotopic (exact) mass is 176 g/mol. The molecule has 0 unspecified atom stereocenters. The van der Waals surface area contributed by atoms with Crippen molar-refractivity contribution in [3.05, 3.63) is 40.9 Å². The summed E-state index contributed by atoms with van der Waals surface area (Å²) in [4.78, 5) is 15.0. The van der Waals surface area contributed by atoms with E-state index in [9.17, 15) is 4.79 Å². The molecular weight excluding hydrogens is 168 g/mol. The lowest BCUT2D eigenvalue weighted by Crippen LogP contribution is -2.06. The third-order valence-electron chi connectivity index (χ3n) is 1.75. The van der Waals surface area contributed by atoms with Crippen molar-refractivity contribution in [2.75, 3.05) is 0 Å². The molecule has 0 atom stereocenters. The summed E-state index contributed by atoms with van der Waals surface area (Å²) in [7, 11) is 1.57. The highest BCUT2D eigenvalue weighted by Gasteiger charge is 2.04. The first-order valence-corrected chi connectivity index (χ1v) is 3.85. The van der Waals surface area contributed by atoms with Crippen LogP contribution in [0.25, 0.3) is 11.3 Å². The largest absolute Gasteiger partial charge is 0.376 e. The minimum Gasteiger partial charge on any atom is -0.376 e. The number of aryl methyl sites for hydroxylation is 1. The highest BCUT2D eigenvalue weighted by Crippen LogP contribution is 2.14. The number of nitrogens with zero attached hydrogens (tertiary/aromatic N) is 2. The van der Waals surface area contributed by atoms with Crippen LogP contribution in [0.1, 0.15) is 0 Å². The van der Waals surface area contributed by atoms with Crippen LogP contribution < -0.4 is 5.56 Å². The first kappa shape index (κ1) is 7.79. The van der Waals surface area contributed by atoms with Gasteiger partial charge in [0.15, 0.2) is 5.76 Å². The van der Waals surface area contributed by atoms with Gasteiger partial charge in [0.1, 0.15) is 0 Å². The maximum Gasteiger partial charge on any atom is 0.282 e. The van der Waals surface area contributed by atoms with Crippen LogP contribution in [0.4, 0.5) is 0 Å². The topological polar surface area (TPSA) is 48.0 Å². The maximum absolute atomic E-state index is 11.1. The molecule has 4 nitrogen and oxygen atoms in total. The van der Waals surface area contributed by atoms with Crippen molar-refractivity contribution in [1.29, 1.82) is 0 Å². The van der Waals surface area contributed by atoms with Gasteiger partial charge in [-0.05, 0) is 12.1 Å². The normalized spacial score (nSPS) is 10.2. The quantitative estimate of drug-likeness (QED) is 0.652. The number of hydrogen-bond donors (Lipinski definition) is 0. The fraction of sp³-hybridized carbons (Fsp3) is 0.111. The Kier molecular flexibility index (Phi) is 1.73. The lowest BCUT2D eigenvalue weighted by molar-refractivity contribution is 0.307. The minimum absolute atomic E-state index is 0.154. The van der Waals surface area contributed by atoms with Gasteiger partial charge in [-0.2, -0.15) is 4.74 Å². The summed E-state index contributed by atoms with van der Waals surface area (Å²) in [6.45, 7) is 0. The van der Waals surface area contributed by atoms with Gasteiger partial charge in [-0.25, -0.2) is 0 Å². The Bertz CT molecular complexity index is 456. The SMILES string of the molecule is Cn1oc(-c2cccnc2)cc1=O. The van der Waals surface area contributed by atoms with E-state index in [-0.39, 0.29) is 5.56 Å². The number of hydrogen-bond acceptors (Lipinski definition) is 3. The summed E-state index contributed by atoms with van der Waals surface area (Å²) in [5.41, 5.74) is 0.652. The predicted molar refractivity (Wildman–Crippen MR) is 47.2 cm³/mol. The molecule has 2 rings (SSSR count). The third kappa shape index (κ3) is 1.38. The highest BCUT2D eigenvalue weighted by molar-refractivity contribution is 5.54. The molecule has 0 saturated heterocycles. The molecular formula is C9H8N2O2. The van der Waals surface area contributed by atoms with Crippen molar-refractivity contribution in [1.82, 2.24) is 9.72 Å². The molecule has 2 aromatic rings. The van der Waals surface area contributed by atoms with Crippen LogP contribution >= 0.6 is 0 Å². The molecule has 0 aromatic carbocycles. The smallest absolute Gasteiger partial charge is 0.282 e. The van der Waals surface area contributed by atoms with Crippen LogP contribution in [0.3, 0.4) is 0 Å². The van der Waals surface area contributed by atoms with Crippen molar-refractivity contribution in [2.45, 2.75) is 0 Å². The molecule has 0 aliphatic rings. The van der Waals surface area contributed by atoms with Gasteiger partial charge in [-0.15, -0.1) is 0 Å². The Balaban J connectivity index is 2.54. The molecule has 0 bridgehead atoms. The minimum atomic E-state index is -0.154. The van der Waals surface area contributed by atoms with E-state index in [0.29, 0.717) is 5.76 Å². The fourth-order valence-corrected chi connectivity index (χ4v) is 1.07. The molecule has 0 saturated carbocycles. The molecule has 0 aliphatic heterocycles. The molecule has 2 aromatic heterocycles. The first-order chi connectivity index (χ1) is 6.27. The van der Waals surface area contributed by atoms with Gasteiger partial charge in [0.05, 0.1) is 6.07 Å². The zero-order valence-electron chi connectivity index (χ0n) is 7.10. The summed E-state index contributed by atoms with van der Waals surface area (Å²) in [6, 6.07) is 5.07. The molecule has 0 spiro atoms. The number of pyridine rings is 1. The van der Waals surface area contributed by atoms with E-state index in [1.165, 1.54) is 10.8 Å². The molecule has 2 heterocycles. The summed E-state index contributed by atoms with van der Waals surface area (Å²) >= 11 is 0. The Morgan fingerprint density at radius 3 is 2.92 bits per heavy atom. The van der Waals surface area contributed by atoms with E-state index in [4.69, 9.17) is 4.52 Å². The van der Waals surface area contributed by atoms with Gasteiger partial charge in [-0.1, -0.05) is 0 Å². The van der Waals surface area contributed by atoms with Crippen LogP contribution in [0.5, 0.6) is 0 Å². The fourth-order valence-electron chi connectivity index (χ4n) is 1.07. The predicted octanol–water partition coefficient (Wildman–Crippen LogP) is 1.04. The van der Waals surface area contributed by atoms with Crippen LogP contribution in [0.15, 0.2) is 39.9 Å². The third-order valence-corrected chi connectivity index (χ3v) is 1.75. The second-order valence-electron chi connectivity index (χ2n) is 2.68. The van der Waals surface area contributed by atoms with Gasteiger partial charge in [0, 0.05) is 25.0 Å². The van der Waals surface area contributed by atoms with Crippen molar-refractivity contribution >= 4 is 0 Å². The van der Waals surface area contributed by atoms with Crippen LogP contribution in [-0.2, 0) is 7.05 Å². The molecule has 0 aliphatic carbocycles. The molecule has 0 radical (unpaired) electrons. The maximum atomic E-state index is 11.1. The second-order valence-corrected chi connectivity index (χ2v) is 2.68. The number of rotatable bonds is 1. The van der Waals surface area contributed by atoms with Gasteiger partial charge in [-0.3, -0.25) is 9.78 Å². The van der Waals surface area contributed by atoms with E-state index in [0.717, 1.165) is 5.56 Å². The van der Waals surface area contributed by atoms with Crippen molar-refractivity contribution in [2.24, 2.45) is 7.05 Å². The van der Waals surface area contributed by atoms with Crippen LogP contribution in [0.2, 0.25) is 0 Å². The summed E-state index contributed by atoms with van der Waals surface area (Å²) < 4.78 is 6.35. The highest BCUT2D eigenvalue weighted by atomic mass is 16.5.